The van der Waals surface area contributed by atoms with Crippen LogP contribution in [0.25, 0.3) is 0 Å². The molecular weight excluding hydrogens is 479 g/mol. The Morgan fingerprint density at radius 2 is 2.00 bits per heavy atom. The molecule has 7 nitrogen and oxygen atoms in total. The Morgan fingerprint density at radius 1 is 1.24 bits per heavy atom. The highest BCUT2D eigenvalue weighted by atomic mass is 127. The van der Waals surface area contributed by atoms with E-state index in [1.807, 2.05) is 24.8 Å². The molecule has 3 heterocycles. The topological polar surface area (TPSA) is 70.6 Å². The molecule has 3 rings (SSSR count). The van der Waals surface area contributed by atoms with Gasteiger partial charge in [0.25, 0.3) is 0 Å². The van der Waals surface area contributed by atoms with Crippen LogP contribution in [0.15, 0.2) is 27.8 Å². The minimum Gasteiger partial charge on any atom is -0.468 e. The van der Waals surface area contributed by atoms with Crippen molar-refractivity contribution in [1.82, 2.24) is 25.3 Å². The van der Waals surface area contributed by atoms with Crippen molar-refractivity contribution in [2.24, 2.45) is 12.0 Å². The van der Waals surface area contributed by atoms with E-state index in [1.165, 1.54) is 24.1 Å². The van der Waals surface area contributed by atoms with E-state index in [-0.39, 0.29) is 30.0 Å². The summed E-state index contributed by atoms with van der Waals surface area (Å²) in [6, 6.07) is 4.26. The Labute approximate surface area is 191 Å². The fourth-order valence-corrected chi connectivity index (χ4v) is 4.12. The highest BCUT2D eigenvalue weighted by molar-refractivity contribution is 14.0. The van der Waals surface area contributed by atoms with Crippen molar-refractivity contribution < 1.29 is 4.42 Å². The second-order valence-electron chi connectivity index (χ2n) is 7.28. The second kappa shape index (κ2) is 11.6. The standard InChI is InChI=1S/C21H34N6O.HI/c1-5-17-16(18(6-2)26(4)25-17)14-23-21(22-3)24-15-19(20-10-9-13-28-20)27-11-7-8-12-27;/h9-10,13,19H,5-8,11-12,14-15H2,1-4H3,(H2,22,23,24);1H. The molecule has 162 valence electrons. The minimum atomic E-state index is 0. The molecule has 1 saturated heterocycles. The lowest BCUT2D eigenvalue weighted by atomic mass is 10.1. The molecule has 0 saturated carbocycles. The molecule has 0 spiro atoms. The molecule has 0 bridgehead atoms. The summed E-state index contributed by atoms with van der Waals surface area (Å²) < 4.78 is 7.72. The zero-order valence-electron chi connectivity index (χ0n) is 18.1. The number of hydrogen-bond acceptors (Lipinski definition) is 4. The van der Waals surface area contributed by atoms with Crippen LogP contribution in [0.1, 0.15) is 55.4 Å². The van der Waals surface area contributed by atoms with Gasteiger partial charge in [-0.1, -0.05) is 13.8 Å². The summed E-state index contributed by atoms with van der Waals surface area (Å²) in [4.78, 5) is 6.91. The average Bonchev–Trinajstić information content (AvgIpc) is 3.46. The van der Waals surface area contributed by atoms with Crippen LogP contribution in [0.4, 0.5) is 0 Å². The van der Waals surface area contributed by atoms with Crippen LogP contribution in [-0.2, 0) is 26.4 Å². The molecule has 2 aromatic heterocycles. The van der Waals surface area contributed by atoms with Gasteiger partial charge < -0.3 is 15.1 Å². The highest BCUT2D eigenvalue weighted by Crippen LogP contribution is 2.24. The fraction of sp³-hybridized carbons (Fsp3) is 0.619. The maximum Gasteiger partial charge on any atom is 0.191 e. The summed E-state index contributed by atoms with van der Waals surface area (Å²) in [7, 11) is 3.84. The highest BCUT2D eigenvalue weighted by Gasteiger charge is 2.25. The van der Waals surface area contributed by atoms with E-state index >= 15 is 0 Å². The van der Waals surface area contributed by atoms with E-state index in [0.717, 1.165) is 56.4 Å². The molecular formula is C21H35IN6O. The largest absolute Gasteiger partial charge is 0.468 e. The number of aliphatic imine (C=N–C) groups is 1. The van der Waals surface area contributed by atoms with Gasteiger partial charge in [-0.15, -0.1) is 24.0 Å². The molecule has 0 aliphatic carbocycles. The van der Waals surface area contributed by atoms with Gasteiger partial charge in [0.15, 0.2) is 5.96 Å². The maximum absolute atomic E-state index is 5.71. The summed E-state index contributed by atoms with van der Waals surface area (Å²) >= 11 is 0. The molecule has 1 aliphatic rings. The van der Waals surface area contributed by atoms with Crippen molar-refractivity contribution in [3.63, 3.8) is 0 Å². The third kappa shape index (κ3) is 5.75. The van der Waals surface area contributed by atoms with E-state index in [9.17, 15) is 0 Å². The molecule has 0 aromatic carbocycles. The number of furan rings is 1. The van der Waals surface area contributed by atoms with E-state index in [2.05, 4.69) is 45.5 Å². The Morgan fingerprint density at radius 3 is 2.59 bits per heavy atom. The van der Waals surface area contributed by atoms with Crippen molar-refractivity contribution in [3.05, 3.63) is 41.1 Å². The third-order valence-corrected chi connectivity index (χ3v) is 5.60. The number of hydrogen-bond donors (Lipinski definition) is 2. The number of aromatic nitrogens is 2. The molecule has 2 aromatic rings. The van der Waals surface area contributed by atoms with Crippen LogP contribution in [0, 0.1) is 0 Å². The van der Waals surface area contributed by atoms with Crippen LogP contribution in [0.3, 0.4) is 0 Å². The molecule has 0 radical (unpaired) electrons. The SMILES string of the molecule is CCc1nn(C)c(CC)c1CNC(=NC)NCC(c1ccco1)N1CCCC1.I. The molecule has 29 heavy (non-hydrogen) atoms. The summed E-state index contributed by atoms with van der Waals surface area (Å²) in [6.45, 7) is 8.07. The van der Waals surface area contributed by atoms with Crippen molar-refractivity contribution in [2.75, 3.05) is 26.7 Å². The van der Waals surface area contributed by atoms with Gasteiger partial charge in [-0.3, -0.25) is 14.6 Å². The summed E-state index contributed by atoms with van der Waals surface area (Å²) in [5.74, 6) is 1.82. The van der Waals surface area contributed by atoms with Gasteiger partial charge in [-0.05, 0) is 50.9 Å². The molecule has 1 unspecified atom stereocenters. The number of halogens is 1. The van der Waals surface area contributed by atoms with E-state index < -0.39 is 0 Å². The fourth-order valence-electron chi connectivity index (χ4n) is 4.12. The lowest BCUT2D eigenvalue weighted by molar-refractivity contribution is 0.215. The maximum atomic E-state index is 5.71. The average molecular weight is 514 g/mol. The van der Waals surface area contributed by atoms with Crippen LogP contribution >= 0.6 is 24.0 Å². The van der Waals surface area contributed by atoms with Gasteiger partial charge in [0.1, 0.15) is 5.76 Å². The van der Waals surface area contributed by atoms with Crippen molar-refractivity contribution in [3.8, 4) is 0 Å². The summed E-state index contributed by atoms with van der Waals surface area (Å²) in [5.41, 5.74) is 3.73. The second-order valence-corrected chi connectivity index (χ2v) is 7.28. The molecule has 0 amide bonds. The zero-order chi connectivity index (χ0) is 19.9. The Kier molecular flexibility index (Phi) is 9.48. The van der Waals surface area contributed by atoms with Crippen molar-refractivity contribution in [1.29, 1.82) is 0 Å². The molecule has 1 aliphatic heterocycles. The van der Waals surface area contributed by atoms with Gasteiger partial charge in [-0.2, -0.15) is 5.10 Å². The summed E-state index contributed by atoms with van der Waals surface area (Å²) in [6.07, 6.45) is 6.18. The number of nitrogens with one attached hydrogen (secondary N) is 2. The lowest BCUT2D eigenvalue weighted by Crippen LogP contribution is -2.42. The molecule has 2 N–H and O–H groups in total. The minimum absolute atomic E-state index is 0. The Bertz CT molecular complexity index is 764. The lowest BCUT2D eigenvalue weighted by Gasteiger charge is -2.26. The summed E-state index contributed by atoms with van der Waals surface area (Å²) in [5, 5.41) is 11.6. The predicted octanol–water partition coefficient (Wildman–Crippen LogP) is 3.26. The Hall–Kier alpha value is -1.55. The number of aryl methyl sites for hydroxylation is 2. The van der Waals surface area contributed by atoms with E-state index in [4.69, 9.17) is 4.42 Å². The van der Waals surface area contributed by atoms with Gasteiger partial charge >= 0.3 is 0 Å². The first-order valence-corrected chi connectivity index (χ1v) is 10.4. The Balaban J connectivity index is 0.00000300. The van der Waals surface area contributed by atoms with Gasteiger partial charge in [0.05, 0.1) is 18.0 Å². The molecule has 8 heteroatoms. The normalized spacial score (nSPS) is 15.9. The number of nitrogens with zero attached hydrogens (tertiary/aromatic N) is 4. The number of guanidine groups is 1. The number of likely N-dealkylation sites (tertiary alicyclic amines) is 1. The van der Waals surface area contributed by atoms with E-state index in [1.54, 1.807) is 6.26 Å². The monoisotopic (exact) mass is 514 g/mol. The van der Waals surface area contributed by atoms with Crippen molar-refractivity contribution >= 4 is 29.9 Å². The third-order valence-electron chi connectivity index (χ3n) is 5.60. The smallest absolute Gasteiger partial charge is 0.191 e. The van der Waals surface area contributed by atoms with E-state index in [0.29, 0.717) is 0 Å². The van der Waals surface area contributed by atoms with Gasteiger partial charge in [-0.25, -0.2) is 0 Å². The van der Waals surface area contributed by atoms with Crippen LogP contribution in [0.2, 0.25) is 0 Å². The number of rotatable bonds is 8. The molecule has 1 fully saturated rings. The zero-order valence-corrected chi connectivity index (χ0v) is 20.4. The van der Waals surface area contributed by atoms with Crippen LogP contribution in [-0.4, -0.2) is 47.3 Å². The van der Waals surface area contributed by atoms with Crippen LogP contribution in [0.5, 0.6) is 0 Å². The first-order valence-electron chi connectivity index (χ1n) is 10.4. The first kappa shape index (κ1) is 23.7. The van der Waals surface area contributed by atoms with Gasteiger partial charge in [0, 0.05) is 38.4 Å². The van der Waals surface area contributed by atoms with Crippen molar-refractivity contribution in [2.45, 2.75) is 52.1 Å². The predicted molar refractivity (Wildman–Crippen MR) is 128 cm³/mol. The molecule has 1 atom stereocenters. The quantitative estimate of drug-likeness (QED) is 0.322. The van der Waals surface area contributed by atoms with Crippen LogP contribution < -0.4 is 10.6 Å². The van der Waals surface area contributed by atoms with Gasteiger partial charge in [0.2, 0.25) is 0 Å². The first-order chi connectivity index (χ1) is 13.7.